The van der Waals surface area contributed by atoms with Gasteiger partial charge in [-0.3, -0.25) is 4.79 Å². The number of aryl methyl sites for hydroxylation is 1. The maximum Gasteiger partial charge on any atom is 0.416 e. The van der Waals surface area contributed by atoms with Gasteiger partial charge in [0, 0.05) is 5.69 Å². The highest BCUT2D eigenvalue weighted by Gasteiger charge is 2.36. The fourth-order valence-corrected chi connectivity index (χ4v) is 3.49. The molecule has 1 atom stereocenters. The first-order valence-corrected chi connectivity index (χ1v) is 10.5. The molecule has 0 saturated heterocycles. The number of aromatic nitrogens is 2. The highest BCUT2D eigenvalue weighted by atomic mass is 19.4. The van der Waals surface area contributed by atoms with E-state index in [1.54, 1.807) is 52.0 Å². The number of esters is 1. The normalized spacial score (nSPS) is 13.1. The number of H-pyrrole nitrogens is 1. The number of rotatable bonds is 5. The van der Waals surface area contributed by atoms with Gasteiger partial charge < -0.3 is 15.0 Å². The Bertz CT molecular complexity index is 1230. The molecule has 3 rings (SSSR count). The summed E-state index contributed by atoms with van der Waals surface area (Å²) in [6.07, 6.45) is -4.31. The summed E-state index contributed by atoms with van der Waals surface area (Å²) in [7, 11) is 0. The molecule has 33 heavy (non-hydrogen) atoms. The number of anilines is 1. The Labute approximate surface area is 189 Å². The van der Waals surface area contributed by atoms with Crippen molar-refractivity contribution in [2.45, 2.75) is 58.9 Å². The van der Waals surface area contributed by atoms with Crippen LogP contribution in [0.5, 0.6) is 0 Å². The zero-order valence-corrected chi connectivity index (χ0v) is 19.1. The van der Waals surface area contributed by atoms with Gasteiger partial charge in [0.15, 0.2) is 0 Å². The Morgan fingerprint density at radius 3 is 2.33 bits per heavy atom. The van der Waals surface area contributed by atoms with E-state index in [0.717, 1.165) is 6.07 Å². The quantitative estimate of drug-likeness (QED) is 0.472. The van der Waals surface area contributed by atoms with Crippen LogP contribution < -0.4 is 10.9 Å². The molecule has 6 nitrogen and oxygen atoms in total. The minimum absolute atomic E-state index is 0.0103. The van der Waals surface area contributed by atoms with Gasteiger partial charge in [0.1, 0.15) is 11.4 Å². The first kappa shape index (κ1) is 24.3. The molecule has 3 aromatic rings. The number of halogens is 3. The predicted molar refractivity (Wildman–Crippen MR) is 120 cm³/mol. The topological polar surface area (TPSA) is 84.1 Å². The van der Waals surface area contributed by atoms with Gasteiger partial charge in [0.2, 0.25) is 0 Å². The molecule has 1 heterocycles. The number of carbonyl (C=O) groups excluding carboxylic acids is 1. The molecule has 0 bridgehead atoms. The average Bonchev–Trinajstić information content (AvgIpc) is 2.69. The SMILES string of the molecule is CC[C@H](Nc1ccc(C(=O)OC(C)(C)C)cc1)c1cc2c(=O)[nH]c(C)nc2cc1C(F)(F)F. The summed E-state index contributed by atoms with van der Waals surface area (Å²) in [4.78, 5) is 31.1. The molecule has 1 aromatic heterocycles. The summed E-state index contributed by atoms with van der Waals surface area (Å²) in [5, 5.41) is 3.17. The lowest BCUT2D eigenvalue weighted by atomic mass is 9.95. The molecule has 0 aliphatic rings. The number of nitrogens with one attached hydrogen (secondary N) is 2. The molecule has 2 aromatic carbocycles. The second-order valence-electron chi connectivity index (χ2n) is 8.79. The van der Waals surface area contributed by atoms with Crippen LogP contribution in [-0.4, -0.2) is 21.5 Å². The highest BCUT2D eigenvalue weighted by Crippen LogP contribution is 2.38. The van der Waals surface area contributed by atoms with E-state index < -0.39 is 34.9 Å². The molecule has 0 spiro atoms. The first-order valence-electron chi connectivity index (χ1n) is 10.5. The summed E-state index contributed by atoms with van der Waals surface area (Å²) >= 11 is 0. The van der Waals surface area contributed by atoms with Crippen molar-refractivity contribution in [3.05, 3.63) is 69.3 Å². The van der Waals surface area contributed by atoms with Crippen LogP contribution in [0.25, 0.3) is 10.9 Å². The number of benzene rings is 2. The van der Waals surface area contributed by atoms with Crippen LogP contribution in [0.3, 0.4) is 0 Å². The van der Waals surface area contributed by atoms with Crippen molar-refractivity contribution in [3.8, 4) is 0 Å². The zero-order valence-electron chi connectivity index (χ0n) is 19.1. The zero-order chi connectivity index (χ0) is 24.6. The molecule has 0 amide bonds. The number of carbonyl (C=O) groups is 1. The molecule has 0 radical (unpaired) electrons. The van der Waals surface area contributed by atoms with E-state index in [-0.39, 0.29) is 22.3 Å². The third-order valence-corrected chi connectivity index (χ3v) is 4.94. The lowest BCUT2D eigenvalue weighted by Gasteiger charge is -2.24. The van der Waals surface area contributed by atoms with E-state index in [0.29, 0.717) is 17.7 Å². The second kappa shape index (κ2) is 8.88. The standard InChI is InChI=1S/C24H26F3N3O3/c1-6-19(30-15-9-7-14(8-10-15)22(32)33-23(3,4)5)16-11-17-20(12-18(16)24(25,26)27)28-13(2)29-21(17)31/h7-12,19,30H,6H2,1-5H3,(H,28,29,31)/t19-/m0/s1. The second-order valence-corrected chi connectivity index (χ2v) is 8.79. The molecule has 0 aliphatic carbocycles. The smallest absolute Gasteiger partial charge is 0.416 e. The van der Waals surface area contributed by atoms with Crippen molar-refractivity contribution >= 4 is 22.6 Å². The van der Waals surface area contributed by atoms with Crippen molar-refractivity contribution in [3.63, 3.8) is 0 Å². The van der Waals surface area contributed by atoms with E-state index >= 15 is 0 Å². The van der Waals surface area contributed by atoms with Crippen LogP contribution in [0.1, 0.15) is 67.5 Å². The molecule has 2 N–H and O–H groups in total. The monoisotopic (exact) mass is 461 g/mol. The molecule has 0 unspecified atom stereocenters. The lowest BCUT2D eigenvalue weighted by molar-refractivity contribution is -0.138. The van der Waals surface area contributed by atoms with Crippen LogP contribution in [0.4, 0.5) is 18.9 Å². The van der Waals surface area contributed by atoms with Gasteiger partial charge in [-0.25, -0.2) is 9.78 Å². The van der Waals surface area contributed by atoms with E-state index in [1.165, 1.54) is 13.0 Å². The van der Waals surface area contributed by atoms with Crippen LogP contribution in [0, 0.1) is 6.92 Å². The van der Waals surface area contributed by atoms with E-state index in [9.17, 15) is 22.8 Å². The van der Waals surface area contributed by atoms with Crippen molar-refractivity contribution in [1.29, 1.82) is 0 Å². The Morgan fingerprint density at radius 2 is 1.79 bits per heavy atom. The van der Waals surface area contributed by atoms with Gasteiger partial charge >= 0.3 is 12.1 Å². The molecular formula is C24H26F3N3O3. The number of aromatic amines is 1. The first-order chi connectivity index (χ1) is 15.3. The van der Waals surface area contributed by atoms with Crippen LogP contribution in [0.2, 0.25) is 0 Å². The van der Waals surface area contributed by atoms with E-state index in [4.69, 9.17) is 4.74 Å². The third-order valence-electron chi connectivity index (χ3n) is 4.94. The maximum atomic E-state index is 13.9. The van der Waals surface area contributed by atoms with Crippen molar-refractivity contribution in [2.75, 3.05) is 5.32 Å². The highest BCUT2D eigenvalue weighted by molar-refractivity contribution is 5.90. The van der Waals surface area contributed by atoms with Crippen molar-refractivity contribution in [2.24, 2.45) is 0 Å². The van der Waals surface area contributed by atoms with Gasteiger partial charge in [0.05, 0.1) is 28.1 Å². The van der Waals surface area contributed by atoms with Crippen molar-refractivity contribution < 1.29 is 22.7 Å². The van der Waals surface area contributed by atoms with Gasteiger partial charge in [-0.1, -0.05) is 6.92 Å². The van der Waals surface area contributed by atoms with Crippen LogP contribution >= 0.6 is 0 Å². The number of ether oxygens (including phenoxy) is 1. The number of alkyl halides is 3. The van der Waals surface area contributed by atoms with Gasteiger partial charge in [0.25, 0.3) is 5.56 Å². The maximum absolute atomic E-state index is 13.9. The third kappa shape index (κ3) is 5.71. The fraction of sp³-hybridized carbons (Fsp3) is 0.375. The van der Waals surface area contributed by atoms with Gasteiger partial charge in [-0.05, 0) is 76.1 Å². The molecular weight excluding hydrogens is 435 g/mol. The predicted octanol–water partition coefficient (Wildman–Crippen LogP) is 5.77. The summed E-state index contributed by atoms with van der Waals surface area (Å²) in [6.45, 7) is 8.54. The van der Waals surface area contributed by atoms with Crippen LogP contribution in [0.15, 0.2) is 41.2 Å². The molecule has 0 fully saturated rings. The summed E-state index contributed by atoms with van der Waals surface area (Å²) < 4.78 is 47.0. The average molecular weight is 461 g/mol. The Hall–Kier alpha value is -3.36. The summed E-state index contributed by atoms with van der Waals surface area (Å²) in [5.41, 5.74) is -1.19. The van der Waals surface area contributed by atoms with Crippen molar-refractivity contribution in [1.82, 2.24) is 9.97 Å². The Morgan fingerprint density at radius 1 is 1.15 bits per heavy atom. The number of fused-ring (bicyclic) bond motifs is 1. The molecule has 9 heteroatoms. The van der Waals surface area contributed by atoms with Gasteiger partial charge in [-0.15, -0.1) is 0 Å². The fourth-order valence-electron chi connectivity index (χ4n) is 3.49. The largest absolute Gasteiger partial charge is 0.456 e. The lowest BCUT2D eigenvalue weighted by Crippen LogP contribution is -2.23. The number of nitrogens with zero attached hydrogens (tertiary/aromatic N) is 1. The summed E-state index contributed by atoms with van der Waals surface area (Å²) in [5.74, 6) is -0.249. The Balaban J connectivity index is 1.98. The minimum atomic E-state index is -4.63. The number of hydrogen-bond donors (Lipinski definition) is 2. The number of hydrogen-bond acceptors (Lipinski definition) is 5. The minimum Gasteiger partial charge on any atom is -0.456 e. The molecule has 176 valence electrons. The molecule has 0 saturated carbocycles. The van der Waals surface area contributed by atoms with Crippen LogP contribution in [-0.2, 0) is 10.9 Å². The summed E-state index contributed by atoms with van der Waals surface area (Å²) in [6, 6.07) is 7.74. The van der Waals surface area contributed by atoms with E-state index in [1.807, 2.05) is 0 Å². The Kier molecular flexibility index (Phi) is 6.53. The molecule has 0 aliphatic heterocycles. The van der Waals surface area contributed by atoms with E-state index in [2.05, 4.69) is 15.3 Å². The van der Waals surface area contributed by atoms with Gasteiger partial charge in [-0.2, -0.15) is 13.2 Å².